The maximum atomic E-state index is 10.9. The third kappa shape index (κ3) is 0.560. The summed E-state index contributed by atoms with van der Waals surface area (Å²) in [5.41, 5.74) is 0.256. The molecular formula is C7H12N2O. The summed E-state index contributed by atoms with van der Waals surface area (Å²) in [4.78, 5) is 12.9. The largest absolute Gasteiger partial charge is 0.335 e. The molecular weight excluding hydrogens is 128 g/mol. The number of hydrogen-bond donors (Lipinski definition) is 1. The Kier molecular flexibility index (Phi) is 1.06. The maximum absolute atomic E-state index is 10.9. The molecule has 1 N–H and O–H groups in total. The van der Waals surface area contributed by atoms with Crippen molar-refractivity contribution in [2.24, 2.45) is 0 Å². The number of likely N-dealkylation sites (tertiary alicyclic amines) is 1. The number of hydrogen-bond acceptors (Lipinski definition) is 2. The molecule has 2 aliphatic rings. The van der Waals surface area contributed by atoms with Crippen LogP contribution in [0, 0.1) is 0 Å². The van der Waals surface area contributed by atoms with E-state index in [2.05, 4.69) is 5.32 Å². The molecule has 3 heteroatoms. The Morgan fingerprint density at radius 1 is 1.60 bits per heavy atom. The second-order valence-electron chi connectivity index (χ2n) is 3.25. The lowest BCUT2D eigenvalue weighted by Crippen LogP contribution is -2.76. The minimum absolute atomic E-state index is 0.229. The summed E-state index contributed by atoms with van der Waals surface area (Å²) in [7, 11) is 0. The number of carbonyl (C=O) groups is 1. The molecule has 2 saturated heterocycles. The molecule has 0 aromatic heterocycles. The number of carbonyl (C=O) groups excluding carboxylic acids is 1. The Labute approximate surface area is 60.4 Å². The van der Waals surface area contributed by atoms with Gasteiger partial charge in [-0.25, -0.2) is 0 Å². The van der Waals surface area contributed by atoms with Crippen molar-refractivity contribution in [3.8, 4) is 0 Å². The summed E-state index contributed by atoms with van der Waals surface area (Å²) in [6, 6.07) is 0. The van der Waals surface area contributed by atoms with Gasteiger partial charge in [0.2, 0.25) is 5.91 Å². The van der Waals surface area contributed by atoms with E-state index in [-0.39, 0.29) is 11.4 Å². The number of nitrogens with one attached hydrogen (secondary N) is 1. The Morgan fingerprint density at radius 3 is 2.40 bits per heavy atom. The van der Waals surface area contributed by atoms with Crippen LogP contribution in [0.25, 0.3) is 0 Å². The molecule has 1 spiro atoms. The van der Waals surface area contributed by atoms with Gasteiger partial charge in [-0.05, 0) is 6.42 Å². The summed E-state index contributed by atoms with van der Waals surface area (Å²) in [6.07, 6.45) is 1.19. The van der Waals surface area contributed by atoms with Crippen molar-refractivity contribution in [2.45, 2.75) is 18.9 Å². The minimum atomic E-state index is 0.229. The predicted octanol–water partition coefficient (Wildman–Crippen LogP) is -0.419. The van der Waals surface area contributed by atoms with Gasteiger partial charge in [0, 0.05) is 26.6 Å². The van der Waals surface area contributed by atoms with E-state index >= 15 is 0 Å². The second kappa shape index (κ2) is 1.72. The summed E-state index contributed by atoms with van der Waals surface area (Å²) < 4.78 is 0. The van der Waals surface area contributed by atoms with Gasteiger partial charge in [-0.15, -0.1) is 0 Å². The summed E-state index contributed by atoms with van der Waals surface area (Å²) in [5.74, 6) is 0.229. The van der Waals surface area contributed by atoms with E-state index < -0.39 is 0 Å². The molecule has 0 aromatic rings. The van der Waals surface area contributed by atoms with Crippen LogP contribution in [0.4, 0.5) is 0 Å². The highest BCUT2D eigenvalue weighted by Crippen LogP contribution is 2.33. The maximum Gasteiger partial charge on any atom is 0.219 e. The molecule has 2 fully saturated rings. The lowest BCUT2D eigenvalue weighted by molar-refractivity contribution is -0.149. The lowest BCUT2D eigenvalue weighted by atomic mass is 9.79. The van der Waals surface area contributed by atoms with Gasteiger partial charge in [0.05, 0.1) is 5.54 Å². The van der Waals surface area contributed by atoms with Crippen molar-refractivity contribution in [3.63, 3.8) is 0 Å². The average Bonchev–Trinajstić information content (AvgIpc) is 1.53. The van der Waals surface area contributed by atoms with Crippen LogP contribution in [-0.4, -0.2) is 36.0 Å². The van der Waals surface area contributed by atoms with Gasteiger partial charge in [0.1, 0.15) is 0 Å². The number of nitrogens with zero attached hydrogens (tertiary/aromatic N) is 1. The SMILES string of the molecule is CC(=O)N1CCC12CNC2. The average molecular weight is 140 g/mol. The van der Waals surface area contributed by atoms with Crippen LogP contribution in [0.5, 0.6) is 0 Å². The van der Waals surface area contributed by atoms with Gasteiger partial charge >= 0.3 is 0 Å². The van der Waals surface area contributed by atoms with E-state index in [1.165, 1.54) is 6.42 Å². The van der Waals surface area contributed by atoms with Gasteiger partial charge in [-0.3, -0.25) is 4.79 Å². The molecule has 10 heavy (non-hydrogen) atoms. The van der Waals surface area contributed by atoms with Crippen molar-refractivity contribution in [2.75, 3.05) is 19.6 Å². The molecule has 56 valence electrons. The zero-order valence-corrected chi connectivity index (χ0v) is 6.18. The molecule has 0 aliphatic carbocycles. The molecule has 0 saturated carbocycles. The Bertz CT molecular complexity index is 169. The van der Waals surface area contributed by atoms with Crippen LogP contribution >= 0.6 is 0 Å². The van der Waals surface area contributed by atoms with Crippen molar-refractivity contribution in [1.29, 1.82) is 0 Å². The topological polar surface area (TPSA) is 32.3 Å². The molecule has 1 amide bonds. The molecule has 2 heterocycles. The van der Waals surface area contributed by atoms with Gasteiger partial charge < -0.3 is 10.2 Å². The van der Waals surface area contributed by atoms with Crippen LogP contribution in [-0.2, 0) is 4.79 Å². The first-order valence-corrected chi connectivity index (χ1v) is 3.74. The molecule has 0 unspecified atom stereocenters. The van der Waals surface area contributed by atoms with Crippen LogP contribution in [0.15, 0.2) is 0 Å². The van der Waals surface area contributed by atoms with E-state index in [1.54, 1.807) is 6.92 Å². The van der Waals surface area contributed by atoms with E-state index in [0.717, 1.165) is 19.6 Å². The highest BCUT2D eigenvalue weighted by atomic mass is 16.2. The molecule has 0 atom stereocenters. The van der Waals surface area contributed by atoms with E-state index in [4.69, 9.17) is 0 Å². The Morgan fingerprint density at radius 2 is 2.30 bits per heavy atom. The molecule has 2 aliphatic heterocycles. The van der Waals surface area contributed by atoms with E-state index in [0.29, 0.717) is 0 Å². The third-order valence-electron chi connectivity index (χ3n) is 2.66. The second-order valence-corrected chi connectivity index (χ2v) is 3.25. The van der Waals surface area contributed by atoms with E-state index in [1.807, 2.05) is 4.90 Å². The summed E-state index contributed by atoms with van der Waals surface area (Å²) >= 11 is 0. The first-order chi connectivity index (χ1) is 4.75. The van der Waals surface area contributed by atoms with Crippen molar-refractivity contribution < 1.29 is 4.79 Å². The molecule has 0 aromatic carbocycles. The summed E-state index contributed by atoms with van der Waals surface area (Å²) in [5, 5.41) is 3.19. The predicted molar refractivity (Wildman–Crippen MR) is 37.6 cm³/mol. The highest BCUT2D eigenvalue weighted by molar-refractivity contribution is 5.75. The third-order valence-corrected chi connectivity index (χ3v) is 2.66. The zero-order chi connectivity index (χ0) is 7.19. The van der Waals surface area contributed by atoms with Gasteiger partial charge in [0.15, 0.2) is 0 Å². The Balaban J connectivity index is 2.05. The van der Waals surface area contributed by atoms with E-state index in [9.17, 15) is 4.79 Å². The van der Waals surface area contributed by atoms with Crippen molar-refractivity contribution in [3.05, 3.63) is 0 Å². The fourth-order valence-corrected chi connectivity index (χ4v) is 1.81. The molecule has 3 nitrogen and oxygen atoms in total. The van der Waals surface area contributed by atoms with Gasteiger partial charge in [-0.1, -0.05) is 0 Å². The van der Waals surface area contributed by atoms with Crippen LogP contribution in [0.1, 0.15) is 13.3 Å². The lowest BCUT2D eigenvalue weighted by Gasteiger charge is -2.58. The van der Waals surface area contributed by atoms with Crippen LogP contribution in [0.3, 0.4) is 0 Å². The zero-order valence-electron chi connectivity index (χ0n) is 6.18. The van der Waals surface area contributed by atoms with Crippen LogP contribution in [0.2, 0.25) is 0 Å². The van der Waals surface area contributed by atoms with Crippen molar-refractivity contribution in [1.82, 2.24) is 10.2 Å². The van der Waals surface area contributed by atoms with Crippen molar-refractivity contribution >= 4 is 5.91 Å². The molecule has 2 rings (SSSR count). The van der Waals surface area contributed by atoms with Crippen LogP contribution < -0.4 is 5.32 Å². The number of rotatable bonds is 0. The Hall–Kier alpha value is -0.570. The smallest absolute Gasteiger partial charge is 0.219 e. The first-order valence-electron chi connectivity index (χ1n) is 3.74. The first kappa shape index (κ1) is 6.16. The fraction of sp³-hybridized carbons (Fsp3) is 0.857. The molecule has 0 radical (unpaired) electrons. The fourth-order valence-electron chi connectivity index (χ4n) is 1.81. The quantitative estimate of drug-likeness (QED) is 0.495. The normalized spacial score (nSPS) is 27.5. The van der Waals surface area contributed by atoms with Gasteiger partial charge in [-0.2, -0.15) is 0 Å². The highest BCUT2D eigenvalue weighted by Gasteiger charge is 2.50. The number of amides is 1. The molecule has 0 bridgehead atoms. The summed E-state index contributed by atoms with van der Waals surface area (Å²) in [6.45, 7) is 4.63. The minimum Gasteiger partial charge on any atom is -0.335 e. The van der Waals surface area contributed by atoms with Gasteiger partial charge in [0.25, 0.3) is 0 Å². The standard InChI is InChI=1S/C7H12N2O/c1-6(10)9-3-2-7(9)4-8-5-7/h8H,2-5H2,1H3. The monoisotopic (exact) mass is 140 g/mol.